The summed E-state index contributed by atoms with van der Waals surface area (Å²) >= 11 is 0. The minimum atomic E-state index is -0.0648. The fourth-order valence-electron chi connectivity index (χ4n) is 1.74. The van der Waals surface area contributed by atoms with Gasteiger partial charge in [0, 0.05) is 6.04 Å². The average molecular weight is 235 g/mol. The highest BCUT2D eigenvalue weighted by Gasteiger charge is 2.24. The van der Waals surface area contributed by atoms with Crippen LogP contribution in [0.3, 0.4) is 0 Å². The second-order valence-corrected chi connectivity index (χ2v) is 4.07. The lowest BCUT2D eigenvalue weighted by Crippen LogP contribution is -3.00. The van der Waals surface area contributed by atoms with Gasteiger partial charge in [-0.25, -0.2) is 0 Å². The van der Waals surface area contributed by atoms with Gasteiger partial charge < -0.3 is 22.5 Å². The minimum Gasteiger partial charge on any atom is -1.00 e. The van der Waals surface area contributed by atoms with E-state index in [1.165, 1.54) is 6.42 Å². The summed E-state index contributed by atoms with van der Waals surface area (Å²) in [5, 5.41) is 3.27. The number of carbonyl (C=O) groups excluding carboxylic acids is 1. The summed E-state index contributed by atoms with van der Waals surface area (Å²) in [5.74, 6) is -0.0648. The largest absolute Gasteiger partial charge is 1.00 e. The number of hydrogen-bond acceptors (Lipinski definition) is 3. The van der Waals surface area contributed by atoms with E-state index in [-0.39, 0.29) is 24.4 Å². The van der Waals surface area contributed by atoms with Gasteiger partial charge in [-0.3, -0.25) is 4.79 Å². The monoisotopic (exact) mass is 234 g/mol. The van der Waals surface area contributed by atoms with Gasteiger partial charge in [-0.2, -0.15) is 0 Å². The van der Waals surface area contributed by atoms with Crippen LogP contribution in [-0.4, -0.2) is 24.7 Å². The van der Waals surface area contributed by atoms with Gasteiger partial charge in [0.25, 0.3) is 0 Å². The van der Waals surface area contributed by atoms with E-state index in [4.69, 9.17) is 4.74 Å². The highest BCUT2D eigenvalue weighted by molar-refractivity contribution is 5.75. The molecule has 4 heteroatoms. The smallest absolute Gasteiger partial charge is 0.323 e. The number of esters is 1. The van der Waals surface area contributed by atoms with Crippen molar-refractivity contribution >= 4 is 5.97 Å². The van der Waals surface area contributed by atoms with E-state index in [1.54, 1.807) is 0 Å². The summed E-state index contributed by atoms with van der Waals surface area (Å²) in [6.45, 7) is 4.78. The van der Waals surface area contributed by atoms with E-state index in [0.29, 0.717) is 12.6 Å². The quantitative estimate of drug-likeness (QED) is 0.494. The third kappa shape index (κ3) is 5.38. The number of halogens is 1. The topological polar surface area (TPSA) is 38.3 Å². The van der Waals surface area contributed by atoms with Gasteiger partial charge in [-0.05, 0) is 32.6 Å². The Morgan fingerprint density at radius 1 is 1.47 bits per heavy atom. The van der Waals surface area contributed by atoms with Crippen molar-refractivity contribution in [2.24, 2.45) is 0 Å². The van der Waals surface area contributed by atoms with Crippen molar-refractivity contribution in [2.75, 3.05) is 6.61 Å². The maximum atomic E-state index is 11.5. The summed E-state index contributed by atoms with van der Waals surface area (Å²) in [6.07, 6.45) is 5.26. The van der Waals surface area contributed by atoms with Crippen LogP contribution in [0.2, 0.25) is 0 Å². The molecule has 90 valence electrons. The van der Waals surface area contributed by atoms with Gasteiger partial charge in [0.05, 0.1) is 6.61 Å². The van der Waals surface area contributed by atoms with E-state index in [0.717, 1.165) is 25.7 Å². The van der Waals surface area contributed by atoms with Crippen molar-refractivity contribution in [3.05, 3.63) is 0 Å². The normalized spacial score (nSPS) is 25.5. The van der Waals surface area contributed by atoms with Crippen molar-refractivity contribution in [2.45, 2.75) is 58.0 Å². The second-order valence-electron chi connectivity index (χ2n) is 4.07. The number of piperidine rings is 1. The Bertz CT molecular complexity index is 187. The zero-order chi connectivity index (χ0) is 10.4. The first-order valence-electron chi connectivity index (χ1n) is 5.66. The summed E-state index contributed by atoms with van der Waals surface area (Å²) in [7, 11) is 0. The van der Waals surface area contributed by atoms with Gasteiger partial charge in [-0.15, -0.1) is 0 Å². The lowest BCUT2D eigenvalue weighted by molar-refractivity contribution is -0.147. The van der Waals surface area contributed by atoms with Crippen LogP contribution in [-0.2, 0) is 9.53 Å². The molecule has 1 saturated heterocycles. The molecule has 0 aromatic carbocycles. The lowest BCUT2D eigenvalue weighted by Gasteiger charge is -2.27. The third-order valence-corrected chi connectivity index (χ3v) is 2.64. The molecule has 1 unspecified atom stereocenters. The molecule has 1 rings (SSSR count). The lowest BCUT2D eigenvalue weighted by atomic mass is 10.00. The molecule has 1 aliphatic rings. The van der Waals surface area contributed by atoms with E-state index >= 15 is 0 Å². The molecule has 3 nitrogen and oxygen atoms in total. The van der Waals surface area contributed by atoms with Crippen molar-refractivity contribution in [3.63, 3.8) is 0 Å². The zero-order valence-corrected chi connectivity index (χ0v) is 10.3. The molecule has 1 aliphatic heterocycles. The van der Waals surface area contributed by atoms with Crippen LogP contribution >= 0.6 is 0 Å². The molecule has 1 N–H and O–H groups in total. The molecule has 0 amide bonds. The van der Waals surface area contributed by atoms with Crippen LogP contribution < -0.4 is 17.7 Å². The molecule has 0 radical (unpaired) electrons. The maximum absolute atomic E-state index is 11.5. The van der Waals surface area contributed by atoms with Crippen LogP contribution in [0, 0.1) is 0 Å². The molecule has 2 atom stereocenters. The van der Waals surface area contributed by atoms with E-state index in [1.807, 2.05) is 0 Å². The van der Waals surface area contributed by atoms with E-state index in [2.05, 4.69) is 19.2 Å². The van der Waals surface area contributed by atoms with Gasteiger partial charge in [0.15, 0.2) is 0 Å². The number of ether oxygens (including phenoxy) is 1. The first kappa shape index (κ1) is 14.7. The van der Waals surface area contributed by atoms with Crippen LogP contribution in [0.5, 0.6) is 0 Å². The SMILES string of the molecule is CCCCOC(=O)C1CCC[C@@H](C)N1.[Cl-]. The van der Waals surface area contributed by atoms with E-state index < -0.39 is 0 Å². The molecule has 1 heterocycles. The highest BCUT2D eigenvalue weighted by Crippen LogP contribution is 2.13. The van der Waals surface area contributed by atoms with E-state index in [9.17, 15) is 4.79 Å². The standard InChI is InChI=1S/C11H21NO2.ClH/c1-3-4-8-14-11(13)10-7-5-6-9(2)12-10;/h9-10,12H,3-8H2,1-2H3;1H/p-1/t9-,10?;/m1./s1. The Morgan fingerprint density at radius 2 is 2.20 bits per heavy atom. The predicted octanol–water partition coefficient (Wildman–Crippen LogP) is -1.14. The molecule has 0 aliphatic carbocycles. The van der Waals surface area contributed by atoms with Gasteiger partial charge in [-0.1, -0.05) is 13.3 Å². The van der Waals surface area contributed by atoms with Crippen molar-refractivity contribution in [1.82, 2.24) is 5.32 Å². The molecule has 0 aromatic heterocycles. The van der Waals surface area contributed by atoms with Crippen LogP contribution in [0.4, 0.5) is 0 Å². The fourth-order valence-corrected chi connectivity index (χ4v) is 1.74. The minimum absolute atomic E-state index is 0. The summed E-state index contributed by atoms with van der Waals surface area (Å²) in [6, 6.07) is 0.392. The Morgan fingerprint density at radius 3 is 2.80 bits per heavy atom. The van der Waals surface area contributed by atoms with Crippen molar-refractivity contribution in [3.8, 4) is 0 Å². The van der Waals surface area contributed by atoms with Crippen LogP contribution in [0.25, 0.3) is 0 Å². The average Bonchev–Trinajstić information content (AvgIpc) is 2.18. The summed E-state index contributed by atoms with van der Waals surface area (Å²) < 4.78 is 5.17. The second kappa shape index (κ2) is 7.94. The van der Waals surface area contributed by atoms with Gasteiger partial charge in [0.1, 0.15) is 6.04 Å². The molecule has 15 heavy (non-hydrogen) atoms. The number of carbonyl (C=O) groups is 1. The van der Waals surface area contributed by atoms with Crippen molar-refractivity contribution in [1.29, 1.82) is 0 Å². The zero-order valence-electron chi connectivity index (χ0n) is 9.59. The predicted molar refractivity (Wildman–Crippen MR) is 56.1 cm³/mol. The van der Waals surface area contributed by atoms with Crippen LogP contribution in [0.1, 0.15) is 46.0 Å². The first-order chi connectivity index (χ1) is 6.74. The van der Waals surface area contributed by atoms with Crippen molar-refractivity contribution < 1.29 is 21.9 Å². The summed E-state index contributed by atoms with van der Waals surface area (Å²) in [4.78, 5) is 11.5. The molecule has 1 fully saturated rings. The molecule has 0 aromatic rings. The summed E-state index contributed by atoms with van der Waals surface area (Å²) in [5.41, 5.74) is 0. The Hall–Kier alpha value is -0.280. The number of rotatable bonds is 4. The first-order valence-corrected chi connectivity index (χ1v) is 5.66. The fraction of sp³-hybridized carbons (Fsp3) is 0.909. The molecular formula is C11H21ClNO2-. The number of hydrogen-bond donors (Lipinski definition) is 1. The highest BCUT2D eigenvalue weighted by atomic mass is 35.5. The number of unbranched alkanes of at least 4 members (excludes halogenated alkanes) is 1. The Balaban J connectivity index is 0.00000196. The molecule has 0 bridgehead atoms. The van der Waals surface area contributed by atoms with Gasteiger partial charge in [0.2, 0.25) is 0 Å². The molecular weight excluding hydrogens is 214 g/mol. The molecule has 0 saturated carbocycles. The van der Waals surface area contributed by atoms with Gasteiger partial charge >= 0.3 is 5.97 Å². The third-order valence-electron chi connectivity index (χ3n) is 2.64. The Labute approximate surface area is 98.4 Å². The number of nitrogens with one attached hydrogen (secondary N) is 1. The molecule has 0 spiro atoms. The maximum Gasteiger partial charge on any atom is 0.323 e. The van der Waals surface area contributed by atoms with Crippen LogP contribution in [0.15, 0.2) is 0 Å². The Kier molecular flexibility index (Phi) is 7.79.